The Bertz CT molecular complexity index is 924. The van der Waals surface area contributed by atoms with Gasteiger partial charge in [0.1, 0.15) is 5.70 Å². The van der Waals surface area contributed by atoms with Crippen LogP contribution in [0.15, 0.2) is 54.2 Å². The highest BCUT2D eigenvalue weighted by molar-refractivity contribution is 6.45. The molecule has 1 aliphatic rings. The molecule has 146 valence electrons. The lowest BCUT2D eigenvalue weighted by molar-refractivity contribution is -0.120. The van der Waals surface area contributed by atoms with E-state index in [1.165, 1.54) is 14.2 Å². The maximum Gasteiger partial charge on any atom is 0.282 e. The molecule has 7 nitrogen and oxygen atoms in total. The molecular weight excluding hydrogens is 360 g/mol. The van der Waals surface area contributed by atoms with Gasteiger partial charge in [-0.2, -0.15) is 0 Å². The van der Waals surface area contributed by atoms with E-state index in [4.69, 9.17) is 9.47 Å². The van der Waals surface area contributed by atoms with Crippen molar-refractivity contribution in [2.75, 3.05) is 39.3 Å². The normalized spacial score (nSPS) is 13.9. The number of hydrogen-bond donors (Lipinski definition) is 1. The summed E-state index contributed by atoms with van der Waals surface area (Å²) in [6.07, 6.45) is 0. The number of aliphatic hydroxyl groups excluding tert-OH is 1. The van der Waals surface area contributed by atoms with Crippen LogP contribution in [-0.4, -0.2) is 56.2 Å². The molecule has 0 aliphatic carbocycles. The molecular formula is C21H22N2O5. The van der Waals surface area contributed by atoms with Crippen LogP contribution in [0.25, 0.3) is 5.57 Å². The fraction of sp³-hybridized carbons (Fsp3) is 0.238. The smallest absolute Gasteiger partial charge is 0.282 e. The van der Waals surface area contributed by atoms with Crippen LogP contribution in [0.1, 0.15) is 5.56 Å². The van der Waals surface area contributed by atoms with Crippen molar-refractivity contribution in [2.45, 2.75) is 0 Å². The Kier molecular flexibility index (Phi) is 5.65. The predicted molar refractivity (Wildman–Crippen MR) is 105 cm³/mol. The quantitative estimate of drug-likeness (QED) is 0.737. The SMILES string of the molecule is COc1ccc(N2C(=O)C(c3ccccc3)=C(N(C)CCO)C2=O)cc1OC. The second kappa shape index (κ2) is 8.14. The maximum absolute atomic E-state index is 13.3. The van der Waals surface area contributed by atoms with Gasteiger partial charge in [0, 0.05) is 19.7 Å². The lowest BCUT2D eigenvalue weighted by Gasteiger charge is -2.21. The highest BCUT2D eigenvalue weighted by Gasteiger charge is 2.41. The number of ether oxygens (including phenoxy) is 2. The molecule has 2 aromatic carbocycles. The molecule has 28 heavy (non-hydrogen) atoms. The summed E-state index contributed by atoms with van der Waals surface area (Å²) in [7, 11) is 4.68. The molecule has 2 amide bonds. The van der Waals surface area contributed by atoms with Crippen LogP contribution >= 0.6 is 0 Å². The first-order valence-electron chi connectivity index (χ1n) is 8.76. The number of hydrogen-bond acceptors (Lipinski definition) is 6. The summed E-state index contributed by atoms with van der Waals surface area (Å²) in [5, 5.41) is 9.31. The molecule has 1 N–H and O–H groups in total. The Balaban J connectivity index is 2.11. The number of anilines is 1. The van der Waals surface area contributed by atoms with Crippen molar-refractivity contribution < 1.29 is 24.2 Å². The number of carbonyl (C=O) groups is 2. The minimum atomic E-state index is -0.452. The van der Waals surface area contributed by atoms with E-state index in [0.29, 0.717) is 28.3 Å². The van der Waals surface area contributed by atoms with Crippen molar-refractivity contribution in [2.24, 2.45) is 0 Å². The first kappa shape index (κ1) is 19.4. The first-order valence-corrected chi connectivity index (χ1v) is 8.76. The largest absolute Gasteiger partial charge is 0.493 e. The summed E-state index contributed by atoms with van der Waals surface area (Å²) < 4.78 is 10.5. The number of likely N-dealkylation sites (N-methyl/N-ethyl adjacent to an activating group) is 1. The molecule has 0 saturated heterocycles. The molecule has 1 aliphatic heterocycles. The fourth-order valence-corrected chi connectivity index (χ4v) is 3.20. The molecule has 7 heteroatoms. The van der Waals surface area contributed by atoms with E-state index in [1.54, 1.807) is 42.3 Å². The summed E-state index contributed by atoms with van der Waals surface area (Å²) in [5.41, 5.74) is 1.58. The second-order valence-electron chi connectivity index (χ2n) is 6.22. The summed E-state index contributed by atoms with van der Waals surface area (Å²) >= 11 is 0. The topological polar surface area (TPSA) is 79.3 Å². The van der Waals surface area contributed by atoms with Gasteiger partial charge in [0.25, 0.3) is 11.8 Å². The zero-order chi connectivity index (χ0) is 20.3. The number of nitrogens with zero attached hydrogens (tertiary/aromatic N) is 2. The molecule has 2 aromatic rings. The Morgan fingerprint density at radius 1 is 0.964 bits per heavy atom. The van der Waals surface area contributed by atoms with E-state index in [0.717, 1.165) is 4.90 Å². The van der Waals surface area contributed by atoms with E-state index in [2.05, 4.69) is 0 Å². The van der Waals surface area contributed by atoms with Crippen molar-refractivity contribution in [3.8, 4) is 11.5 Å². The number of carbonyl (C=O) groups excluding carboxylic acids is 2. The van der Waals surface area contributed by atoms with E-state index < -0.39 is 11.8 Å². The maximum atomic E-state index is 13.3. The Morgan fingerprint density at radius 2 is 1.64 bits per heavy atom. The second-order valence-corrected chi connectivity index (χ2v) is 6.22. The van der Waals surface area contributed by atoms with Crippen LogP contribution in [0.4, 0.5) is 5.69 Å². The van der Waals surface area contributed by atoms with Gasteiger partial charge in [-0.25, -0.2) is 4.90 Å². The van der Waals surface area contributed by atoms with Crippen molar-refractivity contribution >= 4 is 23.1 Å². The van der Waals surface area contributed by atoms with Crippen molar-refractivity contribution in [3.63, 3.8) is 0 Å². The van der Waals surface area contributed by atoms with Gasteiger partial charge in [-0.3, -0.25) is 9.59 Å². The molecule has 0 fully saturated rings. The number of methoxy groups -OCH3 is 2. The number of rotatable bonds is 7. The zero-order valence-electron chi connectivity index (χ0n) is 16.0. The van der Waals surface area contributed by atoms with Crippen molar-refractivity contribution in [1.82, 2.24) is 4.90 Å². The molecule has 0 bridgehead atoms. The van der Waals surface area contributed by atoms with Crippen molar-refractivity contribution in [1.29, 1.82) is 0 Å². The summed E-state index contributed by atoms with van der Waals surface area (Å²) in [6, 6.07) is 13.9. The van der Waals surface area contributed by atoms with E-state index in [-0.39, 0.29) is 18.8 Å². The summed E-state index contributed by atoms with van der Waals surface area (Å²) in [6.45, 7) is 0.0877. The van der Waals surface area contributed by atoms with Gasteiger partial charge in [-0.15, -0.1) is 0 Å². The van der Waals surface area contributed by atoms with Gasteiger partial charge in [0.2, 0.25) is 0 Å². The standard InChI is InChI=1S/C21H22N2O5/c1-22(11-12-24)19-18(14-7-5-4-6-8-14)20(25)23(21(19)26)15-9-10-16(27-2)17(13-15)28-3/h4-10,13,24H,11-12H2,1-3H3. The fourth-order valence-electron chi connectivity index (χ4n) is 3.20. The van der Waals surface area contributed by atoms with Crippen LogP contribution in [0.3, 0.4) is 0 Å². The van der Waals surface area contributed by atoms with Gasteiger partial charge in [0.05, 0.1) is 32.1 Å². The summed E-state index contributed by atoms with van der Waals surface area (Å²) in [5.74, 6) is 0.0356. The van der Waals surface area contributed by atoms with Gasteiger partial charge >= 0.3 is 0 Å². The lowest BCUT2D eigenvalue weighted by Crippen LogP contribution is -2.34. The average Bonchev–Trinajstić information content (AvgIpc) is 2.98. The minimum Gasteiger partial charge on any atom is -0.493 e. The average molecular weight is 382 g/mol. The first-order chi connectivity index (χ1) is 13.5. The van der Waals surface area contributed by atoms with E-state index in [1.807, 2.05) is 18.2 Å². The van der Waals surface area contributed by atoms with Crippen LogP contribution in [0.2, 0.25) is 0 Å². The van der Waals surface area contributed by atoms with Crippen LogP contribution in [0, 0.1) is 0 Å². The monoisotopic (exact) mass is 382 g/mol. The molecule has 0 aromatic heterocycles. The van der Waals surface area contributed by atoms with Gasteiger partial charge in [0.15, 0.2) is 11.5 Å². The number of imide groups is 1. The molecule has 0 spiro atoms. The lowest BCUT2D eigenvalue weighted by atomic mass is 10.0. The predicted octanol–water partition coefficient (Wildman–Crippen LogP) is 1.91. The van der Waals surface area contributed by atoms with E-state index >= 15 is 0 Å². The summed E-state index contributed by atoms with van der Waals surface area (Å²) in [4.78, 5) is 29.2. The molecule has 1 heterocycles. The number of benzene rings is 2. The Hall–Kier alpha value is -3.32. The van der Waals surface area contributed by atoms with Gasteiger partial charge in [-0.05, 0) is 17.7 Å². The Labute approximate surface area is 163 Å². The van der Waals surface area contributed by atoms with Crippen LogP contribution < -0.4 is 14.4 Å². The molecule has 0 radical (unpaired) electrons. The minimum absolute atomic E-state index is 0.139. The third-order valence-electron chi connectivity index (χ3n) is 4.56. The molecule has 3 rings (SSSR count). The van der Waals surface area contributed by atoms with Crippen molar-refractivity contribution in [3.05, 3.63) is 59.8 Å². The highest BCUT2D eigenvalue weighted by atomic mass is 16.5. The van der Waals surface area contributed by atoms with Crippen LogP contribution in [-0.2, 0) is 9.59 Å². The Morgan fingerprint density at radius 3 is 2.25 bits per heavy atom. The zero-order valence-corrected chi connectivity index (χ0v) is 16.0. The van der Waals surface area contributed by atoms with E-state index in [9.17, 15) is 14.7 Å². The third-order valence-corrected chi connectivity index (χ3v) is 4.56. The van der Waals surface area contributed by atoms with Gasteiger partial charge in [-0.1, -0.05) is 30.3 Å². The number of aliphatic hydroxyl groups is 1. The molecule has 0 saturated carbocycles. The number of amides is 2. The molecule has 0 unspecified atom stereocenters. The van der Waals surface area contributed by atoms with Crippen LogP contribution in [0.5, 0.6) is 11.5 Å². The third kappa shape index (κ3) is 3.32. The highest BCUT2D eigenvalue weighted by Crippen LogP contribution is 2.37. The van der Waals surface area contributed by atoms with Gasteiger partial charge < -0.3 is 19.5 Å². The molecule has 0 atom stereocenters.